The van der Waals surface area contributed by atoms with Crippen LogP contribution in [0.1, 0.15) is 109 Å². The summed E-state index contributed by atoms with van der Waals surface area (Å²) in [4.78, 5) is 150. The van der Waals surface area contributed by atoms with Crippen LogP contribution in [0.15, 0.2) is 203 Å². The number of nitrogens with zero attached hydrogens (tertiary/aromatic N) is 8. The average molecular weight is 1590 g/mol. The molecule has 25 nitrogen and oxygen atoms in total. The van der Waals surface area contributed by atoms with E-state index in [-0.39, 0.29) is 38.7 Å². The molecule has 0 fully saturated rings. The Morgan fingerprint density at radius 1 is 0.420 bits per heavy atom. The molecule has 4 aromatic carbocycles. The van der Waals surface area contributed by atoms with Crippen LogP contribution in [0.25, 0.3) is 45.0 Å². The van der Waals surface area contributed by atoms with Crippen molar-refractivity contribution in [1.29, 1.82) is 0 Å². The molecule has 8 heterocycles. The van der Waals surface area contributed by atoms with Gasteiger partial charge in [-0.25, -0.2) is 0 Å². The zero-order chi connectivity index (χ0) is 80.2. The SMILES string of the molecule is C.CC(=O)C(=O)C(Cc1ccccc1)NC(=O)c1cn(C)nc1-c1cc(C)sc1C.CC(=O)C(=O)C(Cc1ccccc1)NC(=O)c1cn(C)nc1-c1ccoc1.CC(=O)C(=O)C(Cc1ccccc1)NC(=O)c1cn(C)nc1-c1ccsc1.CC(=O)C(=O)C(Cc1ccccc1)NC(=O)c1cn(C)nc1-c1ccsc1Cl. The molecule has 0 bridgehead atoms. The Kier molecular flexibility index (Phi) is 30.3. The van der Waals surface area contributed by atoms with E-state index in [0.29, 0.717) is 54.9 Å². The van der Waals surface area contributed by atoms with E-state index in [2.05, 4.69) is 41.7 Å². The number of amides is 4. The fraction of sp³-hybridized carbons (Fsp3) is 0.229. The summed E-state index contributed by atoms with van der Waals surface area (Å²) < 4.78 is 11.7. The first-order valence-electron chi connectivity index (χ1n) is 34.6. The van der Waals surface area contributed by atoms with E-state index in [1.807, 2.05) is 163 Å². The molecule has 8 aromatic heterocycles. The molecule has 12 aromatic rings. The number of ketones is 8. The number of nitrogens with one attached hydrogen (secondary N) is 4. The Balaban J connectivity index is 0.000000187. The van der Waals surface area contributed by atoms with Crippen LogP contribution in [0.4, 0.5) is 0 Å². The number of rotatable bonds is 28. The molecule has 0 saturated carbocycles. The predicted octanol–water partition coefficient (Wildman–Crippen LogP) is 12.0. The summed E-state index contributed by atoms with van der Waals surface area (Å²) in [7, 11) is 6.87. The van der Waals surface area contributed by atoms with Gasteiger partial charge in [0.2, 0.25) is 23.1 Å². The van der Waals surface area contributed by atoms with Gasteiger partial charge in [-0.05, 0) is 71.1 Å². The van der Waals surface area contributed by atoms with Crippen LogP contribution in [-0.4, -0.2) is 133 Å². The second-order valence-corrected chi connectivity index (χ2v) is 29.5. The lowest BCUT2D eigenvalue weighted by Crippen LogP contribution is -2.44. The van der Waals surface area contributed by atoms with E-state index in [4.69, 9.17) is 16.0 Å². The summed E-state index contributed by atoms with van der Waals surface area (Å²) in [5.41, 5.74) is 9.77. The largest absolute Gasteiger partial charge is 0.472 e. The Labute approximate surface area is 663 Å². The number of furan rings is 1. The standard InChI is InChI=1S/C22H23N3O3S.C20H18ClN3O3S.C20H19N3O4.C20H19N3O3S.CH4/c1-13-10-17(15(3)29-13)20-18(12-25(4)24-20)22(28)23-19(21(27)14(2)26)11-16-8-6-5-7-9-16;1-12(25)18(26)16(10-13-6-4-3-5-7-13)22-20(27)15-11-24(2)23-17(15)14-8-9-28-19(14)21;2*1-13(24)19(25)17(10-14-6-4-3-5-7-14)21-20(26)16-11-23(2)22-18(16)15-8-9-27-12-15;/h5-10,12,19H,11H2,1-4H3,(H,23,28);3-9,11,16H,10H2,1-2H3,(H,22,27);2*3-9,11-12,17H,10H2,1-2H3,(H,21,26);1H4. The molecule has 0 saturated heterocycles. The van der Waals surface area contributed by atoms with Crippen LogP contribution in [0.5, 0.6) is 0 Å². The predicted molar refractivity (Wildman–Crippen MR) is 430 cm³/mol. The fourth-order valence-electron chi connectivity index (χ4n) is 11.7. The Morgan fingerprint density at radius 2 is 0.741 bits per heavy atom. The fourth-order valence-corrected chi connectivity index (χ4v) is 14.2. The minimum atomic E-state index is -0.960. The maximum atomic E-state index is 13.1. The first-order chi connectivity index (χ1) is 53.0. The normalized spacial score (nSPS) is 11.7. The van der Waals surface area contributed by atoms with Crippen molar-refractivity contribution in [3.05, 3.63) is 258 Å². The highest BCUT2D eigenvalue weighted by atomic mass is 35.5. The monoisotopic (exact) mass is 1590 g/mol. The Bertz CT molecular complexity index is 5170. The third-order valence-electron chi connectivity index (χ3n) is 17.1. The molecule has 12 rings (SSSR count). The first-order valence-corrected chi connectivity index (χ1v) is 37.6. The molecule has 4 N–H and O–H groups in total. The van der Waals surface area contributed by atoms with Gasteiger partial charge >= 0.3 is 0 Å². The van der Waals surface area contributed by atoms with Gasteiger partial charge in [0.1, 0.15) is 27.1 Å². The summed E-state index contributed by atoms with van der Waals surface area (Å²) in [5.74, 6) is -6.70. The van der Waals surface area contributed by atoms with Gasteiger partial charge in [-0.1, -0.05) is 140 Å². The second kappa shape index (κ2) is 39.8. The number of carbonyl (C=O) groups is 12. The van der Waals surface area contributed by atoms with Crippen molar-refractivity contribution < 1.29 is 62.0 Å². The highest BCUT2D eigenvalue weighted by Crippen LogP contribution is 2.35. The molecule has 4 atom stereocenters. The number of aryl methyl sites for hydroxylation is 6. The lowest BCUT2D eigenvalue weighted by atomic mass is 9.99. The number of hydrogen-bond acceptors (Lipinski definition) is 20. The van der Waals surface area contributed by atoms with Crippen molar-refractivity contribution in [3.8, 4) is 45.0 Å². The van der Waals surface area contributed by atoms with Crippen LogP contribution in [0, 0.1) is 13.8 Å². The van der Waals surface area contributed by atoms with Crippen LogP contribution in [-0.2, 0) is 92.2 Å². The molecule has 0 spiro atoms. The van der Waals surface area contributed by atoms with Gasteiger partial charge in [0, 0.05) is 144 Å². The highest BCUT2D eigenvalue weighted by molar-refractivity contribution is 7.15. The number of Topliss-reactive ketones (excluding diaryl/α,β-unsaturated/α-hetero) is 8. The van der Waals surface area contributed by atoms with Crippen molar-refractivity contribution in [2.24, 2.45) is 28.2 Å². The van der Waals surface area contributed by atoms with E-state index in [9.17, 15) is 57.5 Å². The summed E-state index contributed by atoms with van der Waals surface area (Å²) in [6.07, 6.45) is 10.3. The molecule has 4 amide bonds. The first kappa shape index (κ1) is 85.2. The number of carbonyl (C=O) groups excluding carboxylic acids is 12. The number of benzene rings is 4. The molecule has 0 aliphatic rings. The molecule has 578 valence electrons. The van der Waals surface area contributed by atoms with Gasteiger partial charge < -0.3 is 25.7 Å². The third kappa shape index (κ3) is 22.9. The summed E-state index contributed by atoms with van der Waals surface area (Å²) in [6, 6.07) is 40.6. The topological polar surface area (TPSA) is 337 Å². The average Bonchev–Trinajstić information content (AvgIpc) is 1.65. The van der Waals surface area contributed by atoms with Crippen molar-refractivity contribution in [2.75, 3.05) is 0 Å². The molecule has 0 aliphatic heterocycles. The summed E-state index contributed by atoms with van der Waals surface area (Å²) in [5, 5.41) is 33.9. The van der Waals surface area contributed by atoms with Gasteiger partial charge in [0.15, 0.2) is 23.1 Å². The second-order valence-electron chi connectivity index (χ2n) is 25.8. The maximum Gasteiger partial charge on any atom is 0.255 e. The molecule has 4 unspecified atom stereocenters. The van der Waals surface area contributed by atoms with Crippen molar-refractivity contribution >= 4 is 116 Å². The van der Waals surface area contributed by atoms with Gasteiger partial charge in [-0.2, -0.15) is 31.7 Å². The van der Waals surface area contributed by atoms with E-state index >= 15 is 0 Å². The number of aromatic nitrogens is 8. The molecule has 0 radical (unpaired) electrons. The smallest absolute Gasteiger partial charge is 0.255 e. The van der Waals surface area contributed by atoms with E-state index in [0.717, 1.165) is 43.1 Å². The van der Waals surface area contributed by atoms with Gasteiger partial charge in [-0.3, -0.25) is 76.3 Å². The highest BCUT2D eigenvalue weighted by Gasteiger charge is 2.33. The quantitative estimate of drug-likeness (QED) is 0.0331. The van der Waals surface area contributed by atoms with E-state index in [1.54, 1.807) is 85.8 Å². The zero-order valence-corrected chi connectivity index (χ0v) is 65.4. The van der Waals surface area contributed by atoms with Gasteiger partial charge in [0.05, 0.1) is 58.9 Å². The van der Waals surface area contributed by atoms with E-state index in [1.165, 1.54) is 72.3 Å². The lowest BCUT2D eigenvalue weighted by Gasteiger charge is -2.16. The number of halogens is 1. The summed E-state index contributed by atoms with van der Waals surface area (Å²) >= 11 is 10.7. The van der Waals surface area contributed by atoms with Crippen LogP contribution < -0.4 is 21.3 Å². The molecule has 29 heteroatoms. The van der Waals surface area contributed by atoms with Crippen molar-refractivity contribution in [1.82, 2.24) is 60.4 Å². The molecular weight excluding hydrogens is 1500 g/mol. The van der Waals surface area contributed by atoms with Crippen molar-refractivity contribution in [2.45, 2.75) is 98.8 Å². The van der Waals surface area contributed by atoms with Crippen LogP contribution in [0.3, 0.4) is 0 Å². The number of thiophene rings is 3. The lowest BCUT2D eigenvalue weighted by molar-refractivity contribution is -0.136. The number of hydrogen-bond donors (Lipinski definition) is 4. The third-order valence-corrected chi connectivity index (χ3v) is 19.9. The molecular formula is C83H83ClN12O13S3. The minimum absolute atomic E-state index is 0. The van der Waals surface area contributed by atoms with Crippen LogP contribution in [0.2, 0.25) is 4.34 Å². The maximum absolute atomic E-state index is 13.1. The van der Waals surface area contributed by atoms with E-state index < -0.39 is 94.1 Å². The van der Waals surface area contributed by atoms with Gasteiger partial charge in [-0.15, -0.1) is 22.7 Å². The molecule has 0 aliphatic carbocycles. The van der Waals surface area contributed by atoms with Crippen LogP contribution >= 0.6 is 45.6 Å². The zero-order valence-electron chi connectivity index (χ0n) is 62.2. The Hall–Kier alpha value is -12.4. The van der Waals surface area contributed by atoms with Crippen molar-refractivity contribution in [3.63, 3.8) is 0 Å². The molecule has 112 heavy (non-hydrogen) atoms. The van der Waals surface area contributed by atoms with Gasteiger partial charge in [0.25, 0.3) is 23.6 Å². The summed E-state index contributed by atoms with van der Waals surface area (Å²) in [6.45, 7) is 8.83. The Morgan fingerprint density at radius 3 is 1.02 bits per heavy atom. The minimum Gasteiger partial charge on any atom is -0.472 e.